The van der Waals surface area contributed by atoms with E-state index >= 15 is 0 Å². The zero-order valence-corrected chi connectivity index (χ0v) is 7.87. The van der Waals surface area contributed by atoms with Gasteiger partial charge in [0.05, 0.1) is 12.0 Å². The Morgan fingerprint density at radius 3 is 2.73 bits per heavy atom. The summed E-state index contributed by atoms with van der Waals surface area (Å²) in [5.41, 5.74) is 0.571. The molecule has 0 atom stereocenters. The predicted octanol–water partition coefficient (Wildman–Crippen LogP) is 2.55. The monoisotopic (exact) mass is 174 g/mol. The molecule has 0 aliphatic carbocycles. The zero-order valence-electron chi connectivity index (χ0n) is 7.05. The molecule has 0 spiro atoms. The molecular weight excluding hydrogens is 160 g/mol. The summed E-state index contributed by atoms with van der Waals surface area (Å²) in [6, 6.07) is 0. The Labute approximate surface area is 72.2 Å². The first-order valence-electron chi connectivity index (χ1n) is 3.65. The molecule has 0 saturated heterocycles. The molecule has 0 saturated carbocycles. The van der Waals surface area contributed by atoms with Crippen molar-refractivity contribution in [3.63, 3.8) is 0 Å². The van der Waals surface area contributed by atoms with Gasteiger partial charge in [0.2, 0.25) is 0 Å². The fraction of sp³-hybridized carbons (Fsp3) is 0.625. The first kappa shape index (κ1) is 10.6. The van der Waals surface area contributed by atoms with E-state index in [1.165, 1.54) is 0 Å². The van der Waals surface area contributed by atoms with Crippen LogP contribution in [0.3, 0.4) is 0 Å². The maximum absolute atomic E-state index is 10.9. The molecule has 0 radical (unpaired) electrons. The molecular formula is C8H14O2S. The van der Waals surface area contributed by atoms with Gasteiger partial charge in [-0.1, -0.05) is 19.9 Å². The number of carbonyl (C=O) groups excluding carboxylic acids is 1. The molecule has 0 aromatic heterocycles. The minimum atomic E-state index is -0.286. The maximum Gasteiger partial charge on any atom is 0.345 e. The lowest BCUT2D eigenvalue weighted by molar-refractivity contribution is -0.128. The van der Waals surface area contributed by atoms with E-state index in [1.807, 2.05) is 0 Å². The molecule has 3 heteroatoms. The van der Waals surface area contributed by atoms with Crippen molar-refractivity contribution in [3.05, 3.63) is 12.2 Å². The largest absolute Gasteiger partial charge is 0.388 e. The summed E-state index contributed by atoms with van der Waals surface area (Å²) in [7, 11) is 0. The zero-order chi connectivity index (χ0) is 8.69. The molecule has 0 aromatic rings. The normalized spacial score (nSPS) is 9.27. The number of hydrogen-bond donors (Lipinski definition) is 0. The number of carbonyl (C=O) groups is 1. The molecule has 11 heavy (non-hydrogen) atoms. The lowest BCUT2D eigenvalue weighted by Gasteiger charge is -2.01. The summed E-state index contributed by atoms with van der Waals surface area (Å²) >= 11 is 1.06. The fourth-order valence-electron chi connectivity index (χ4n) is 0.627. The van der Waals surface area contributed by atoms with Crippen LogP contribution in [-0.4, -0.2) is 12.2 Å². The summed E-state index contributed by atoms with van der Waals surface area (Å²) in [4.78, 5) is 10.9. The molecule has 0 fully saturated rings. The van der Waals surface area contributed by atoms with Crippen LogP contribution in [0.5, 0.6) is 0 Å². The molecule has 2 nitrogen and oxygen atoms in total. The van der Waals surface area contributed by atoms with Crippen molar-refractivity contribution in [1.82, 2.24) is 0 Å². The number of unbranched alkanes of at least 4 members (excludes halogenated alkanes) is 1. The summed E-state index contributed by atoms with van der Waals surface area (Å²) in [6.45, 7) is 5.70. The molecule has 0 N–H and O–H groups in total. The van der Waals surface area contributed by atoms with Gasteiger partial charge in [0.1, 0.15) is 0 Å². The standard InChI is InChI=1S/C8H14O2S/c1-4-5-6-7(2)8(9)10-11-3/h2,4-6H2,1,3H3. The van der Waals surface area contributed by atoms with Gasteiger partial charge in [0, 0.05) is 11.8 Å². The Morgan fingerprint density at radius 2 is 2.27 bits per heavy atom. The lowest BCUT2D eigenvalue weighted by atomic mass is 10.1. The highest BCUT2D eigenvalue weighted by atomic mass is 32.2. The van der Waals surface area contributed by atoms with Crippen molar-refractivity contribution in [2.45, 2.75) is 26.2 Å². The van der Waals surface area contributed by atoms with E-state index in [1.54, 1.807) is 6.26 Å². The minimum absolute atomic E-state index is 0.286. The second kappa shape index (κ2) is 6.28. The highest BCUT2D eigenvalue weighted by molar-refractivity contribution is 7.94. The fourth-order valence-corrected chi connectivity index (χ4v) is 0.896. The van der Waals surface area contributed by atoms with Crippen molar-refractivity contribution in [2.75, 3.05) is 6.26 Å². The second-order valence-electron chi connectivity index (χ2n) is 2.24. The van der Waals surface area contributed by atoms with Crippen LogP contribution in [0.4, 0.5) is 0 Å². The molecule has 0 bridgehead atoms. The smallest absolute Gasteiger partial charge is 0.345 e. The van der Waals surface area contributed by atoms with E-state index in [-0.39, 0.29) is 5.97 Å². The average Bonchev–Trinajstić information content (AvgIpc) is 2.00. The topological polar surface area (TPSA) is 26.3 Å². The van der Waals surface area contributed by atoms with E-state index < -0.39 is 0 Å². The van der Waals surface area contributed by atoms with Crippen LogP contribution >= 0.6 is 12.0 Å². The Hall–Kier alpha value is -0.440. The highest BCUT2D eigenvalue weighted by Crippen LogP contribution is 2.09. The van der Waals surface area contributed by atoms with Crippen molar-refractivity contribution in [1.29, 1.82) is 0 Å². The van der Waals surface area contributed by atoms with Crippen LogP contribution < -0.4 is 0 Å². The van der Waals surface area contributed by atoms with E-state index in [0.29, 0.717) is 5.57 Å². The van der Waals surface area contributed by atoms with Gasteiger partial charge in [0.25, 0.3) is 0 Å². The summed E-state index contributed by atoms with van der Waals surface area (Å²) in [6.07, 6.45) is 4.54. The summed E-state index contributed by atoms with van der Waals surface area (Å²) in [5, 5.41) is 0. The molecule has 64 valence electrons. The van der Waals surface area contributed by atoms with E-state index in [2.05, 4.69) is 17.7 Å². The van der Waals surface area contributed by atoms with Crippen molar-refractivity contribution in [2.24, 2.45) is 0 Å². The van der Waals surface area contributed by atoms with Crippen LogP contribution in [-0.2, 0) is 8.98 Å². The number of hydrogen-bond acceptors (Lipinski definition) is 3. The SMILES string of the molecule is C=C(CCCC)C(=O)OSC. The Morgan fingerprint density at radius 1 is 1.64 bits per heavy atom. The van der Waals surface area contributed by atoms with Gasteiger partial charge < -0.3 is 4.18 Å². The van der Waals surface area contributed by atoms with Crippen LogP contribution in [0, 0.1) is 0 Å². The van der Waals surface area contributed by atoms with Gasteiger partial charge in [-0.3, -0.25) is 0 Å². The van der Waals surface area contributed by atoms with Gasteiger partial charge in [0.15, 0.2) is 0 Å². The van der Waals surface area contributed by atoms with Gasteiger partial charge in [-0.05, 0) is 12.8 Å². The molecule has 0 amide bonds. The Bertz CT molecular complexity index is 143. The van der Waals surface area contributed by atoms with Crippen LogP contribution in [0.15, 0.2) is 12.2 Å². The quantitative estimate of drug-likeness (QED) is 0.473. The molecule has 0 unspecified atom stereocenters. The Balaban J connectivity index is 3.56. The summed E-state index contributed by atoms with van der Waals surface area (Å²) < 4.78 is 4.68. The van der Waals surface area contributed by atoms with Crippen LogP contribution in [0.25, 0.3) is 0 Å². The third-order valence-corrected chi connectivity index (χ3v) is 1.60. The van der Waals surface area contributed by atoms with Gasteiger partial charge >= 0.3 is 5.97 Å². The predicted molar refractivity (Wildman–Crippen MR) is 48.3 cm³/mol. The van der Waals surface area contributed by atoms with Gasteiger partial charge in [-0.2, -0.15) is 0 Å². The maximum atomic E-state index is 10.9. The first-order chi connectivity index (χ1) is 5.22. The Kier molecular flexibility index (Phi) is 6.03. The second-order valence-corrected chi connectivity index (χ2v) is 2.74. The van der Waals surface area contributed by atoms with E-state index in [0.717, 1.165) is 31.3 Å². The van der Waals surface area contributed by atoms with Crippen molar-refractivity contribution >= 4 is 18.0 Å². The van der Waals surface area contributed by atoms with E-state index in [9.17, 15) is 4.79 Å². The lowest BCUT2D eigenvalue weighted by Crippen LogP contribution is -2.01. The third-order valence-electron chi connectivity index (χ3n) is 1.28. The highest BCUT2D eigenvalue weighted by Gasteiger charge is 2.06. The number of rotatable bonds is 5. The van der Waals surface area contributed by atoms with Crippen LogP contribution in [0.2, 0.25) is 0 Å². The molecule has 0 aliphatic rings. The molecule has 0 aromatic carbocycles. The van der Waals surface area contributed by atoms with E-state index in [4.69, 9.17) is 0 Å². The molecule has 0 rings (SSSR count). The minimum Gasteiger partial charge on any atom is -0.388 e. The van der Waals surface area contributed by atoms with Gasteiger partial charge in [-0.25, -0.2) is 4.79 Å². The van der Waals surface area contributed by atoms with Crippen molar-refractivity contribution < 1.29 is 8.98 Å². The summed E-state index contributed by atoms with van der Waals surface area (Å²) in [5.74, 6) is -0.286. The van der Waals surface area contributed by atoms with Crippen LogP contribution in [0.1, 0.15) is 26.2 Å². The van der Waals surface area contributed by atoms with Gasteiger partial charge in [-0.15, -0.1) is 0 Å². The first-order valence-corrected chi connectivity index (χ1v) is 4.80. The molecule has 0 aliphatic heterocycles. The van der Waals surface area contributed by atoms with Crippen molar-refractivity contribution in [3.8, 4) is 0 Å². The average molecular weight is 174 g/mol. The molecule has 0 heterocycles. The third kappa shape index (κ3) is 4.90.